The van der Waals surface area contributed by atoms with Gasteiger partial charge < -0.3 is 11.1 Å². The molecule has 0 saturated heterocycles. The molecule has 0 bridgehead atoms. The summed E-state index contributed by atoms with van der Waals surface area (Å²) in [6.07, 6.45) is 2.48. The van der Waals surface area contributed by atoms with E-state index in [2.05, 4.69) is 47.8 Å². The van der Waals surface area contributed by atoms with Crippen LogP contribution in [0.5, 0.6) is 0 Å². The molecule has 3 rings (SSSR count). The number of fused-ring (bicyclic) bond motifs is 1. The highest BCUT2D eigenvalue weighted by Crippen LogP contribution is 2.54. The highest BCUT2D eigenvalue weighted by atomic mass is 14.9. The second kappa shape index (κ2) is 4.38. The Bertz CT molecular complexity index is 558. The van der Waals surface area contributed by atoms with E-state index in [0.717, 1.165) is 6.54 Å². The summed E-state index contributed by atoms with van der Waals surface area (Å²) in [6, 6.07) is 15.6. The quantitative estimate of drug-likeness (QED) is 0.862. The lowest BCUT2D eigenvalue weighted by atomic mass is 9.89. The molecule has 1 aliphatic rings. The molecular weight excluding hydrogens is 220 g/mol. The molecule has 18 heavy (non-hydrogen) atoms. The van der Waals surface area contributed by atoms with Crippen LogP contribution >= 0.6 is 0 Å². The van der Waals surface area contributed by atoms with Crippen molar-refractivity contribution >= 4 is 10.8 Å². The van der Waals surface area contributed by atoms with E-state index in [1.165, 1.54) is 29.2 Å². The van der Waals surface area contributed by atoms with Crippen molar-refractivity contribution in [1.82, 2.24) is 5.32 Å². The van der Waals surface area contributed by atoms with E-state index in [1.807, 2.05) is 7.05 Å². The second-order valence-electron chi connectivity index (χ2n) is 5.39. The molecule has 0 aromatic heterocycles. The molecule has 1 atom stereocenters. The fourth-order valence-electron chi connectivity index (χ4n) is 2.98. The Morgan fingerprint density at radius 1 is 1.17 bits per heavy atom. The average Bonchev–Trinajstić information content (AvgIpc) is 3.20. The average molecular weight is 240 g/mol. The van der Waals surface area contributed by atoms with Crippen LogP contribution in [0, 0.1) is 5.41 Å². The van der Waals surface area contributed by atoms with Crippen molar-refractivity contribution in [1.29, 1.82) is 0 Å². The van der Waals surface area contributed by atoms with E-state index in [1.54, 1.807) is 0 Å². The SMILES string of the molecule is CNC(c1ccc2ccccc2c1)C1(CN)CC1. The third kappa shape index (κ3) is 1.82. The smallest absolute Gasteiger partial charge is 0.0387 e. The second-order valence-corrected chi connectivity index (χ2v) is 5.39. The van der Waals surface area contributed by atoms with Crippen LogP contribution in [0.1, 0.15) is 24.4 Å². The zero-order chi connectivity index (χ0) is 12.6. The highest BCUT2D eigenvalue weighted by Gasteiger charge is 2.48. The first kappa shape index (κ1) is 11.7. The van der Waals surface area contributed by atoms with Gasteiger partial charge in [0.15, 0.2) is 0 Å². The minimum absolute atomic E-state index is 0.289. The van der Waals surface area contributed by atoms with Crippen molar-refractivity contribution in [2.45, 2.75) is 18.9 Å². The molecule has 0 heterocycles. The predicted molar refractivity (Wildman–Crippen MR) is 76.5 cm³/mol. The fourth-order valence-corrected chi connectivity index (χ4v) is 2.98. The van der Waals surface area contributed by atoms with Gasteiger partial charge in [0, 0.05) is 11.5 Å². The van der Waals surface area contributed by atoms with Crippen LogP contribution in [-0.4, -0.2) is 13.6 Å². The molecule has 2 nitrogen and oxygen atoms in total. The van der Waals surface area contributed by atoms with Crippen molar-refractivity contribution < 1.29 is 0 Å². The lowest BCUT2D eigenvalue weighted by Gasteiger charge is -2.26. The maximum absolute atomic E-state index is 5.96. The Labute approximate surface area is 108 Å². The Kier molecular flexibility index (Phi) is 2.84. The van der Waals surface area contributed by atoms with Crippen LogP contribution in [0.3, 0.4) is 0 Å². The minimum atomic E-state index is 0.289. The van der Waals surface area contributed by atoms with Crippen molar-refractivity contribution in [3.8, 4) is 0 Å². The van der Waals surface area contributed by atoms with Gasteiger partial charge in [0.2, 0.25) is 0 Å². The van der Waals surface area contributed by atoms with E-state index in [-0.39, 0.29) is 5.41 Å². The Hall–Kier alpha value is -1.38. The molecule has 94 valence electrons. The zero-order valence-corrected chi connectivity index (χ0v) is 10.8. The number of nitrogens with two attached hydrogens (primary N) is 1. The standard InChI is InChI=1S/C16H20N2/c1-18-15(16(11-17)8-9-16)14-7-6-12-4-2-3-5-13(12)10-14/h2-7,10,15,18H,8-9,11,17H2,1H3. The van der Waals surface area contributed by atoms with Gasteiger partial charge in [-0.05, 0) is 48.8 Å². The molecule has 1 aliphatic carbocycles. The maximum atomic E-state index is 5.96. The molecule has 0 aliphatic heterocycles. The van der Waals surface area contributed by atoms with Crippen LogP contribution in [0.15, 0.2) is 42.5 Å². The molecule has 3 N–H and O–H groups in total. The fraction of sp³-hybridized carbons (Fsp3) is 0.375. The summed E-state index contributed by atoms with van der Waals surface area (Å²) in [4.78, 5) is 0. The molecule has 1 unspecified atom stereocenters. The van der Waals surface area contributed by atoms with Crippen molar-refractivity contribution in [2.24, 2.45) is 11.1 Å². The third-order valence-electron chi connectivity index (χ3n) is 4.31. The van der Waals surface area contributed by atoms with Gasteiger partial charge in [-0.25, -0.2) is 0 Å². The van der Waals surface area contributed by atoms with Crippen LogP contribution in [0.25, 0.3) is 10.8 Å². The molecular formula is C16H20N2. The van der Waals surface area contributed by atoms with E-state index in [4.69, 9.17) is 5.73 Å². The molecule has 0 spiro atoms. The summed E-state index contributed by atoms with van der Waals surface area (Å²) < 4.78 is 0. The number of nitrogens with one attached hydrogen (secondary N) is 1. The lowest BCUT2D eigenvalue weighted by Crippen LogP contribution is -2.32. The van der Waals surface area contributed by atoms with E-state index >= 15 is 0 Å². The summed E-state index contributed by atoms with van der Waals surface area (Å²) in [5.41, 5.74) is 7.60. The zero-order valence-electron chi connectivity index (χ0n) is 10.8. The van der Waals surface area contributed by atoms with Gasteiger partial charge in [0.05, 0.1) is 0 Å². The van der Waals surface area contributed by atoms with E-state index < -0.39 is 0 Å². The maximum Gasteiger partial charge on any atom is 0.0387 e. The van der Waals surface area contributed by atoms with E-state index in [0.29, 0.717) is 6.04 Å². The Morgan fingerprint density at radius 3 is 2.50 bits per heavy atom. The monoisotopic (exact) mass is 240 g/mol. The highest BCUT2D eigenvalue weighted by molar-refractivity contribution is 5.83. The molecule has 0 radical (unpaired) electrons. The molecule has 2 aromatic rings. The number of benzene rings is 2. The summed E-state index contributed by atoms with van der Waals surface area (Å²) >= 11 is 0. The molecule has 1 fully saturated rings. The third-order valence-corrected chi connectivity index (χ3v) is 4.31. The molecule has 1 saturated carbocycles. The number of hydrogen-bond donors (Lipinski definition) is 2. The summed E-state index contributed by atoms with van der Waals surface area (Å²) in [5.74, 6) is 0. The minimum Gasteiger partial charge on any atom is -0.330 e. The van der Waals surface area contributed by atoms with Gasteiger partial charge >= 0.3 is 0 Å². The van der Waals surface area contributed by atoms with Gasteiger partial charge in [-0.1, -0.05) is 36.4 Å². The van der Waals surface area contributed by atoms with Crippen LogP contribution < -0.4 is 11.1 Å². The first-order valence-corrected chi connectivity index (χ1v) is 6.65. The van der Waals surface area contributed by atoms with Crippen LogP contribution in [0.4, 0.5) is 0 Å². The Balaban J connectivity index is 2.02. The number of rotatable bonds is 4. The largest absolute Gasteiger partial charge is 0.330 e. The van der Waals surface area contributed by atoms with Crippen molar-refractivity contribution in [3.63, 3.8) is 0 Å². The van der Waals surface area contributed by atoms with Gasteiger partial charge in [-0.3, -0.25) is 0 Å². The van der Waals surface area contributed by atoms with Crippen LogP contribution in [-0.2, 0) is 0 Å². The summed E-state index contributed by atoms with van der Waals surface area (Å²) in [5, 5.41) is 6.06. The summed E-state index contributed by atoms with van der Waals surface area (Å²) in [7, 11) is 2.04. The van der Waals surface area contributed by atoms with E-state index in [9.17, 15) is 0 Å². The van der Waals surface area contributed by atoms with Gasteiger partial charge in [-0.15, -0.1) is 0 Å². The molecule has 2 aromatic carbocycles. The molecule has 0 amide bonds. The normalized spacial score (nSPS) is 18.8. The first-order valence-electron chi connectivity index (χ1n) is 6.65. The van der Waals surface area contributed by atoms with Gasteiger partial charge in [-0.2, -0.15) is 0 Å². The van der Waals surface area contributed by atoms with Crippen molar-refractivity contribution in [2.75, 3.05) is 13.6 Å². The first-order chi connectivity index (χ1) is 8.79. The van der Waals surface area contributed by atoms with Gasteiger partial charge in [0.1, 0.15) is 0 Å². The lowest BCUT2D eigenvalue weighted by molar-refractivity contribution is 0.367. The predicted octanol–water partition coefficient (Wildman–Crippen LogP) is 2.84. The Morgan fingerprint density at radius 2 is 1.89 bits per heavy atom. The number of hydrogen-bond acceptors (Lipinski definition) is 2. The van der Waals surface area contributed by atoms with Crippen molar-refractivity contribution in [3.05, 3.63) is 48.0 Å². The summed E-state index contributed by atoms with van der Waals surface area (Å²) in [6.45, 7) is 0.769. The van der Waals surface area contributed by atoms with Crippen LogP contribution in [0.2, 0.25) is 0 Å². The van der Waals surface area contributed by atoms with Gasteiger partial charge in [0.25, 0.3) is 0 Å². The topological polar surface area (TPSA) is 38.0 Å². The molecule has 2 heteroatoms.